The summed E-state index contributed by atoms with van der Waals surface area (Å²) >= 11 is 0. The number of nitrogens with zero attached hydrogens (tertiary/aromatic N) is 6. The summed E-state index contributed by atoms with van der Waals surface area (Å²) in [6.07, 6.45) is 8.37. The molecule has 126 valence electrons. The third kappa shape index (κ3) is 2.95. The van der Waals surface area contributed by atoms with Crippen LogP contribution in [0, 0.1) is 0 Å². The Bertz CT molecular complexity index is 865. The molecule has 0 atom stereocenters. The minimum Gasteiger partial charge on any atom is -0.327 e. The van der Waals surface area contributed by atoms with E-state index in [0.29, 0.717) is 25.3 Å². The Morgan fingerprint density at radius 2 is 1.92 bits per heavy atom. The maximum absolute atomic E-state index is 12.4. The second-order valence-corrected chi connectivity index (χ2v) is 5.84. The van der Waals surface area contributed by atoms with Crippen molar-refractivity contribution >= 4 is 11.8 Å². The summed E-state index contributed by atoms with van der Waals surface area (Å²) in [6.45, 7) is 1.29. The maximum Gasteiger partial charge on any atom is 0.316 e. The SMILES string of the molecule is O=C1C(=O)N(C2=C=CCC2)CCN1Cc1ccc(-n2nccn2)cn1. The van der Waals surface area contributed by atoms with Gasteiger partial charge in [-0.05, 0) is 31.1 Å². The first-order valence-corrected chi connectivity index (χ1v) is 8.09. The van der Waals surface area contributed by atoms with Crippen LogP contribution < -0.4 is 0 Å². The van der Waals surface area contributed by atoms with Crippen molar-refractivity contribution in [1.82, 2.24) is 29.8 Å². The van der Waals surface area contributed by atoms with Gasteiger partial charge in [-0.1, -0.05) is 0 Å². The molecule has 8 nitrogen and oxygen atoms in total. The van der Waals surface area contributed by atoms with Crippen molar-refractivity contribution in [3.8, 4) is 5.69 Å². The lowest BCUT2D eigenvalue weighted by Crippen LogP contribution is -2.53. The van der Waals surface area contributed by atoms with E-state index in [1.165, 1.54) is 9.70 Å². The zero-order valence-corrected chi connectivity index (χ0v) is 13.5. The smallest absolute Gasteiger partial charge is 0.316 e. The summed E-state index contributed by atoms with van der Waals surface area (Å²) < 4.78 is 0. The Balaban J connectivity index is 1.44. The predicted octanol–water partition coefficient (Wildman–Crippen LogP) is 0.666. The van der Waals surface area contributed by atoms with Gasteiger partial charge in [0.1, 0.15) is 5.69 Å². The second-order valence-electron chi connectivity index (χ2n) is 5.84. The Kier molecular flexibility index (Phi) is 3.87. The third-order valence-corrected chi connectivity index (χ3v) is 4.24. The molecule has 0 unspecified atom stereocenters. The maximum atomic E-state index is 12.4. The Morgan fingerprint density at radius 1 is 1.08 bits per heavy atom. The van der Waals surface area contributed by atoms with Crippen molar-refractivity contribution in [1.29, 1.82) is 0 Å². The van der Waals surface area contributed by atoms with Crippen LogP contribution in [0.4, 0.5) is 0 Å². The van der Waals surface area contributed by atoms with Crippen LogP contribution in [0.5, 0.6) is 0 Å². The zero-order valence-electron chi connectivity index (χ0n) is 13.5. The molecule has 25 heavy (non-hydrogen) atoms. The molecule has 8 heteroatoms. The van der Waals surface area contributed by atoms with Crippen molar-refractivity contribution in [2.75, 3.05) is 13.1 Å². The number of carbonyl (C=O) groups is 2. The Morgan fingerprint density at radius 3 is 2.60 bits per heavy atom. The first kappa shape index (κ1) is 15.3. The first-order chi connectivity index (χ1) is 12.2. The van der Waals surface area contributed by atoms with Crippen molar-refractivity contribution in [3.05, 3.63) is 53.9 Å². The summed E-state index contributed by atoms with van der Waals surface area (Å²) in [4.78, 5) is 33.6. The number of piperazine rings is 1. The second kappa shape index (κ2) is 6.33. The largest absolute Gasteiger partial charge is 0.327 e. The van der Waals surface area contributed by atoms with Crippen LogP contribution in [0.1, 0.15) is 18.5 Å². The van der Waals surface area contributed by atoms with Crippen LogP contribution in [-0.4, -0.2) is 54.7 Å². The van der Waals surface area contributed by atoms with E-state index >= 15 is 0 Å². The van der Waals surface area contributed by atoms with E-state index in [0.717, 1.165) is 24.2 Å². The molecule has 0 N–H and O–H groups in total. The summed E-state index contributed by atoms with van der Waals surface area (Å²) in [5, 5.41) is 8.08. The highest BCUT2D eigenvalue weighted by Crippen LogP contribution is 2.20. The van der Waals surface area contributed by atoms with Gasteiger partial charge < -0.3 is 4.90 Å². The summed E-state index contributed by atoms with van der Waals surface area (Å²) in [5.41, 5.74) is 5.32. The van der Waals surface area contributed by atoms with Gasteiger partial charge in [-0.25, -0.2) is 0 Å². The molecule has 2 aromatic rings. The van der Waals surface area contributed by atoms with Gasteiger partial charge in [-0.15, -0.1) is 5.73 Å². The summed E-state index contributed by atoms with van der Waals surface area (Å²) in [7, 11) is 0. The monoisotopic (exact) mass is 336 g/mol. The third-order valence-electron chi connectivity index (χ3n) is 4.24. The number of aromatic nitrogens is 4. The van der Waals surface area contributed by atoms with Gasteiger partial charge in [0.15, 0.2) is 0 Å². The molecule has 0 bridgehead atoms. The molecular weight excluding hydrogens is 320 g/mol. The van der Waals surface area contributed by atoms with E-state index in [1.54, 1.807) is 23.5 Å². The van der Waals surface area contributed by atoms with Gasteiger partial charge in [0, 0.05) is 13.1 Å². The molecule has 1 aliphatic heterocycles. The number of carbonyl (C=O) groups excluding carboxylic acids is 2. The number of pyridine rings is 1. The molecule has 0 spiro atoms. The fraction of sp³-hybridized carbons (Fsp3) is 0.294. The molecule has 0 saturated carbocycles. The lowest BCUT2D eigenvalue weighted by Gasteiger charge is -2.33. The van der Waals surface area contributed by atoms with Crippen molar-refractivity contribution in [2.24, 2.45) is 0 Å². The molecule has 1 aliphatic carbocycles. The van der Waals surface area contributed by atoms with E-state index in [9.17, 15) is 9.59 Å². The molecule has 2 aliphatic rings. The Hall–Kier alpha value is -3.25. The van der Waals surface area contributed by atoms with Gasteiger partial charge >= 0.3 is 11.8 Å². The van der Waals surface area contributed by atoms with E-state index in [-0.39, 0.29) is 0 Å². The highest BCUT2D eigenvalue weighted by Gasteiger charge is 2.34. The fourth-order valence-corrected chi connectivity index (χ4v) is 2.94. The lowest BCUT2D eigenvalue weighted by atomic mass is 10.2. The normalized spacial score (nSPS) is 17.4. The molecule has 4 rings (SSSR count). The van der Waals surface area contributed by atoms with Crippen molar-refractivity contribution in [2.45, 2.75) is 19.4 Å². The van der Waals surface area contributed by atoms with Crippen LogP contribution in [0.15, 0.2) is 48.2 Å². The van der Waals surface area contributed by atoms with E-state index < -0.39 is 11.8 Å². The highest BCUT2D eigenvalue weighted by atomic mass is 16.2. The van der Waals surface area contributed by atoms with Crippen LogP contribution >= 0.6 is 0 Å². The van der Waals surface area contributed by atoms with E-state index in [1.807, 2.05) is 18.2 Å². The predicted molar refractivity (Wildman–Crippen MR) is 87.1 cm³/mol. The lowest BCUT2D eigenvalue weighted by molar-refractivity contribution is -0.155. The van der Waals surface area contributed by atoms with Gasteiger partial charge in [0.05, 0.1) is 36.5 Å². The van der Waals surface area contributed by atoms with Crippen LogP contribution in [-0.2, 0) is 16.1 Å². The molecule has 1 saturated heterocycles. The van der Waals surface area contributed by atoms with E-state index in [4.69, 9.17) is 0 Å². The average molecular weight is 336 g/mol. The molecular formula is C17H16N6O2. The van der Waals surface area contributed by atoms with Gasteiger partial charge in [0.25, 0.3) is 0 Å². The van der Waals surface area contributed by atoms with Crippen LogP contribution in [0.25, 0.3) is 5.69 Å². The number of hydrogen-bond acceptors (Lipinski definition) is 5. The number of hydrogen-bond donors (Lipinski definition) is 0. The zero-order chi connectivity index (χ0) is 17.2. The number of amides is 2. The number of allylic oxidation sites excluding steroid dienone is 1. The number of rotatable bonds is 4. The van der Waals surface area contributed by atoms with Crippen molar-refractivity contribution < 1.29 is 9.59 Å². The fourth-order valence-electron chi connectivity index (χ4n) is 2.94. The molecule has 2 amide bonds. The van der Waals surface area contributed by atoms with Gasteiger partial charge in [0.2, 0.25) is 0 Å². The molecule has 3 heterocycles. The van der Waals surface area contributed by atoms with Crippen molar-refractivity contribution in [3.63, 3.8) is 0 Å². The molecule has 0 aromatic carbocycles. The van der Waals surface area contributed by atoms with Crippen LogP contribution in [0.3, 0.4) is 0 Å². The Labute approximate surface area is 144 Å². The van der Waals surface area contributed by atoms with Gasteiger partial charge in [-0.2, -0.15) is 15.0 Å². The molecule has 1 fully saturated rings. The highest BCUT2D eigenvalue weighted by molar-refractivity contribution is 6.35. The quantitative estimate of drug-likeness (QED) is 0.605. The first-order valence-electron chi connectivity index (χ1n) is 8.09. The summed E-state index contributed by atoms with van der Waals surface area (Å²) in [6, 6.07) is 3.64. The standard InChI is InChI=1S/C17H16N6O2/c24-16-17(25)22(14-3-1-2-4-14)10-9-21(16)12-13-5-6-15(11-18-13)23-19-7-8-20-23/h1,5-8,11H,2,4,9-10,12H2. The molecule has 0 radical (unpaired) electrons. The topological polar surface area (TPSA) is 84.2 Å². The summed E-state index contributed by atoms with van der Waals surface area (Å²) in [5.74, 6) is -0.978. The van der Waals surface area contributed by atoms with Crippen LogP contribution in [0.2, 0.25) is 0 Å². The average Bonchev–Trinajstić information content (AvgIpc) is 3.33. The van der Waals surface area contributed by atoms with Gasteiger partial charge in [-0.3, -0.25) is 19.5 Å². The van der Waals surface area contributed by atoms with E-state index in [2.05, 4.69) is 20.9 Å². The minimum absolute atomic E-state index is 0.306. The molecule has 2 aromatic heterocycles. The minimum atomic E-state index is -0.493.